The van der Waals surface area contributed by atoms with Crippen LogP contribution in [0.4, 0.5) is 5.69 Å². The van der Waals surface area contributed by atoms with Gasteiger partial charge in [0.15, 0.2) is 11.5 Å². The summed E-state index contributed by atoms with van der Waals surface area (Å²) in [5.74, 6) is 0.485. The zero-order chi connectivity index (χ0) is 45.7. The van der Waals surface area contributed by atoms with Gasteiger partial charge in [0, 0.05) is 32.7 Å². The van der Waals surface area contributed by atoms with Gasteiger partial charge in [-0.2, -0.15) is 10.5 Å². The molecule has 12 rings (SSSR count). The van der Waals surface area contributed by atoms with Crippen LogP contribution in [0.15, 0.2) is 212 Å². The number of para-hydroxylation sites is 3. The van der Waals surface area contributed by atoms with Crippen molar-refractivity contribution in [2.24, 2.45) is 0 Å². The predicted octanol–water partition coefficient (Wildman–Crippen LogP) is 15.3. The Hall–Kier alpha value is -9.87. The third kappa shape index (κ3) is 6.49. The zero-order valence-electron chi connectivity index (χ0n) is 36.3. The van der Waals surface area contributed by atoms with Crippen LogP contribution in [-0.2, 0) is 0 Å². The summed E-state index contributed by atoms with van der Waals surface area (Å²) in [7, 11) is 0. The molecule has 0 atom stereocenters. The highest BCUT2D eigenvalue weighted by Gasteiger charge is 2.26. The van der Waals surface area contributed by atoms with Gasteiger partial charge in [0.25, 0.3) is 0 Å². The van der Waals surface area contributed by atoms with Crippen molar-refractivity contribution in [2.45, 2.75) is 0 Å². The van der Waals surface area contributed by atoms with Crippen molar-refractivity contribution in [3.8, 4) is 79.7 Å². The molecule has 0 bridgehead atoms. The molecule has 0 aliphatic rings. The van der Waals surface area contributed by atoms with E-state index in [-0.39, 0.29) is 0 Å². The predicted molar refractivity (Wildman–Crippen MR) is 274 cm³/mol. The van der Waals surface area contributed by atoms with Crippen LogP contribution in [-0.4, -0.2) is 19.1 Å². The fourth-order valence-electron chi connectivity index (χ4n) is 9.78. The second kappa shape index (κ2) is 16.3. The summed E-state index contributed by atoms with van der Waals surface area (Å²) >= 11 is 0. The maximum atomic E-state index is 11.1. The minimum Gasteiger partial charge on any atom is -0.308 e. The number of benzene rings is 9. The van der Waals surface area contributed by atoms with E-state index < -0.39 is 0 Å². The molecule has 0 saturated carbocycles. The fourth-order valence-corrected chi connectivity index (χ4v) is 9.78. The SMILES string of the molecule is [C-]#[N+]c1ccccc1-c1ccc2c(c1)c1ccccc1n2-c1cc(C#N)cc(-n2c3ccccc3c3cc(-c4ccccc4C#N)ccc32)c1-c1nc(-c2ccccc2)cc(-c2ccccc2)n1. The number of aromatic nitrogens is 4. The third-order valence-electron chi connectivity index (χ3n) is 12.8. The molecule has 12 aromatic rings. The first kappa shape index (κ1) is 39.7. The highest BCUT2D eigenvalue weighted by Crippen LogP contribution is 2.44. The average Bonchev–Trinajstić information content (AvgIpc) is 3.92. The standard InChI is InChI=1S/C61H35N7/c1-64-51-25-13-10-22-46(51)43-29-31-57-50(35-43)48-24-12-15-27-55(48)68(57)59-33-39(37-62)32-58(60(59)61-65-52(40-16-4-2-5-17-40)36-53(66-61)41-18-6-3-7-19-41)67-54-26-14-11-23-47(54)49-34-42(28-30-56(49)67)45-21-9-8-20-44(45)38-63/h2-36H. The Bertz CT molecular complexity index is 3870. The Morgan fingerprint density at radius 1 is 0.412 bits per heavy atom. The molecule has 7 nitrogen and oxygen atoms in total. The lowest BCUT2D eigenvalue weighted by Gasteiger charge is -2.21. The van der Waals surface area contributed by atoms with Crippen LogP contribution in [0.25, 0.3) is 116 Å². The molecule has 68 heavy (non-hydrogen) atoms. The van der Waals surface area contributed by atoms with Crippen LogP contribution < -0.4 is 0 Å². The van der Waals surface area contributed by atoms with Crippen LogP contribution in [0.5, 0.6) is 0 Å². The number of nitrogens with zero attached hydrogens (tertiary/aromatic N) is 7. The fraction of sp³-hybridized carbons (Fsp3) is 0. The quantitative estimate of drug-likeness (QED) is 0.149. The van der Waals surface area contributed by atoms with Gasteiger partial charge in [-0.1, -0.05) is 152 Å². The molecule has 0 amide bonds. The number of hydrogen-bond acceptors (Lipinski definition) is 4. The number of nitriles is 2. The smallest absolute Gasteiger partial charge is 0.194 e. The van der Waals surface area contributed by atoms with Crippen molar-refractivity contribution < 1.29 is 0 Å². The van der Waals surface area contributed by atoms with Gasteiger partial charge in [0.2, 0.25) is 0 Å². The highest BCUT2D eigenvalue weighted by atomic mass is 15.0. The largest absolute Gasteiger partial charge is 0.308 e. The maximum Gasteiger partial charge on any atom is 0.194 e. The van der Waals surface area contributed by atoms with E-state index in [9.17, 15) is 10.5 Å². The van der Waals surface area contributed by atoms with E-state index in [4.69, 9.17) is 16.5 Å². The lowest BCUT2D eigenvalue weighted by atomic mass is 9.98. The molecule has 0 unspecified atom stereocenters. The Kier molecular flexibility index (Phi) is 9.51. The number of fused-ring (bicyclic) bond motifs is 6. The Balaban J connectivity index is 1.23. The summed E-state index contributed by atoms with van der Waals surface area (Å²) in [6, 6.07) is 75.9. The van der Waals surface area contributed by atoms with E-state index in [1.54, 1.807) is 0 Å². The van der Waals surface area contributed by atoms with Gasteiger partial charge in [0.05, 0.1) is 80.2 Å². The van der Waals surface area contributed by atoms with Crippen molar-refractivity contribution in [2.75, 3.05) is 0 Å². The summed E-state index contributed by atoms with van der Waals surface area (Å²) in [5.41, 5.74) is 14.5. The van der Waals surface area contributed by atoms with E-state index in [1.165, 1.54) is 0 Å². The van der Waals surface area contributed by atoms with Crippen LogP contribution in [0.1, 0.15) is 11.1 Å². The molecule has 7 heteroatoms. The van der Waals surface area contributed by atoms with Crippen LogP contribution >= 0.6 is 0 Å². The van der Waals surface area contributed by atoms with Gasteiger partial charge in [-0.25, -0.2) is 14.8 Å². The van der Waals surface area contributed by atoms with Crippen molar-refractivity contribution in [1.82, 2.24) is 19.1 Å². The molecule has 0 radical (unpaired) electrons. The van der Waals surface area contributed by atoms with E-state index in [1.807, 2.05) is 127 Å². The van der Waals surface area contributed by atoms with Gasteiger partial charge in [0.1, 0.15) is 0 Å². The first-order chi connectivity index (χ1) is 33.6. The molecular formula is C61H35N7. The van der Waals surface area contributed by atoms with E-state index >= 15 is 0 Å². The van der Waals surface area contributed by atoms with E-state index in [2.05, 4.69) is 111 Å². The van der Waals surface area contributed by atoms with E-state index in [0.29, 0.717) is 22.6 Å². The number of hydrogen-bond donors (Lipinski definition) is 0. The molecule has 314 valence electrons. The van der Waals surface area contributed by atoms with Crippen molar-refractivity contribution in [3.63, 3.8) is 0 Å². The average molecular weight is 866 g/mol. The van der Waals surface area contributed by atoms with E-state index in [0.717, 1.165) is 105 Å². The first-order valence-electron chi connectivity index (χ1n) is 22.2. The van der Waals surface area contributed by atoms with Gasteiger partial charge in [-0.15, -0.1) is 0 Å². The topological polar surface area (TPSA) is 87.6 Å². The molecule has 0 aliphatic heterocycles. The monoisotopic (exact) mass is 865 g/mol. The molecule has 0 saturated heterocycles. The second-order valence-corrected chi connectivity index (χ2v) is 16.7. The molecule has 0 spiro atoms. The minimum atomic E-state index is 0.459. The molecule has 3 heterocycles. The summed E-state index contributed by atoms with van der Waals surface area (Å²) in [6.45, 7) is 7.94. The number of rotatable bonds is 7. The lowest BCUT2D eigenvalue weighted by Crippen LogP contribution is -2.07. The Labute approximate surface area is 391 Å². The van der Waals surface area contributed by atoms with Gasteiger partial charge in [-0.05, 0) is 82.9 Å². The van der Waals surface area contributed by atoms with Crippen LogP contribution in [0.2, 0.25) is 0 Å². The Morgan fingerprint density at radius 2 is 0.882 bits per heavy atom. The van der Waals surface area contributed by atoms with Crippen LogP contribution in [0, 0.1) is 29.2 Å². The first-order valence-corrected chi connectivity index (χ1v) is 22.2. The minimum absolute atomic E-state index is 0.459. The third-order valence-corrected chi connectivity index (χ3v) is 12.8. The molecule has 0 fully saturated rings. The van der Waals surface area contributed by atoms with Crippen molar-refractivity contribution >= 4 is 49.3 Å². The molecule has 3 aromatic heterocycles. The maximum absolute atomic E-state index is 11.1. The van der Waals surface area contributed by atoms with Gasteiger partial charge in [-0.3, -0.25) is 0 Å². The molecule has 9 aromatic carbocycles. The second-order valence-electron chi connectivity index (χ2n) is 16.7. The van der Waals surface area contributed by atoms with Gasteiger partial charge >= 0.3 is 0 Å². The molecular weight excluding hydrogens is 831 g/mol. The summed E-state index contributed by atoms with van der Waals surface area (Å²) in [4.78, 5) is 14.8. The van der Waals surface area contributed by atoms with Crippen LogP contribution in [0.3, 0.4) is 0 Å². The highest BCUT2D eigenvalue weighted by molar-refractivity contribution is 6.13. The van der Waals surface area contributed by atoms with Gasteiger partial charge < -0.3 is 9.13 Å². The zero-order valence-corrected chi connectivity index (χ0v) is 36.3. The Morgan fingerprint density at radius 3 is 1.43 bits per heavy atom. The summed E-state index contributed by atoms with van der Waals surface area (Å²) in [6.07, 6.45) is 0. The summed E-state index contributed by atoms with van der Waals surface area (Å²) < 4.78 is 4.47. The molecule has 0 N–H and O–H groups in total. The van der Waals surface area contributed by atoms with Crippen molar-refractivity contribution in [1.29, 1.82) is 10.5 Å². The van der Waals surface area contributed by atoms with Crippen molar-refractivity contribution in [3.05, 3.63) is 235 Å². The molecule has 0 aliphatic carbocycles. The lowest BCUT2D eigenvalue weighted by molar-refractivity contribution is 1.10. The summed E-state index contributed by atoms with van der Waals surface area (Å²) in [5, 5.41) is 25.2. The normalized spacial score (nSPS) is 11.2.